The van der Waals surface area contributed by atoms with Gasteiger partial charge in [-0.25, -0.2) is 4.79 Å². The molecule has 18 heavy (non-hydrogen) atoms. The number of esters is 2. The number of nitrogens with zero attached hydrogens (tertiary/aromatic N) is 1. The number of hydrogen-bond donors (Lipinski definition) is 0. The molecule has 5 heteroatoms. The Bertz CT molecular complexity index is 391. The van der Waals surface area contributed by atoms with Crippen LogP contribution in [0.25, 0.3) is 0 Å². The lowest BCUT2D eigenvalue weighted by atomic mass is 10.2. The highest BCUT2D eigenvalue weighted by Gasteiger charge is 2.32. The zero-order chi connectivity index (χ0) is 13.4. The van der Waals surface area contributed by atoms with Crippen molar-refractivity contribution in [1.82, 2.24) is 0 Å². The summed E-state index contributed by atoms with van der Waals surface area (Å²) in [6, 6.07) is 4.74. The predicted molar refractivity (Wildman–Crippen MR) is 63.6 cm³/mol. The summed E-state index contributed by atoms with van der Waals surface area (Å²) in [7, 11) is 0. The van der Waals surface area contributed by atoms with Crippen molar-refractivity contribution in [3.8, 4) is 0 Å². The number of hydrogen-bond acceptors (Lipinski definition) is 4. The zero-order valence-electron chi connectivity index (χ0n) is 10.7. The molecule has 1 aromatic heterocycles. The highest BCUT2D eigenvalue weighted by molar-refractivity contribution is 5.79. The molecule has 0 saturated heterocycles. The van der Waals surface area contributed by atoms with Crippen LogP contribution in [0, 0.1) is 0 Å². The lowest BCUT2D eigenvalue weighted by Gasteiger charge is -2.10. The smallest absolute Gasteiger partial charge is 0.376 e. The van der Waals surface area contributed by atoms with Crippen molar-refractivity contribution in [3.63, 3.8) is 0 Å². The molecule has 1 atom stereocenters. The van der Waals surface area contributed by atoms with E-state index >= 15 is 0 Å². The summed E-state index contributed by atoms with van der Waals surface area (Å²) in [4.78, 5) is 23.3. The first-order chi connectivity index (χ1) is 8.69. The molecule has 1 unspecified atom stereocenters. The standard InChI is InChI=1S/C13H18NO4/c1-3-17-12(15)10-11(13(16)18-4-2)14-8-6-5-7-9-14/h5-9,11H,3-4,10H2,1-2H3/q+1. The molecule has 1 rings (SSSR count). The second-order valence-electron chi connectivity index (χ2n) is 3.60. The minimum atomic E-state index is -0.676. The minimum Gasteiger partial charge on any atom is -0.466 e. The number of carbonyl (C=O) groups is 2. The first-order valence-electron chi connectivity index (χ1n) is 5.97. The van der Waals surface area contributed by atoms with Crippen LogP contribution in [0.5, 0.6) is 0 Å². The Hall–Kier alpha value is -1.91. The number of aromatic nitrogens is 1. The molecule has 0 bridgehead atoms. The molecule has 0 aliphatic rings. The van der Waals surface area contributed by atoms with E-state index in [0.717, 1.165) is 0 Å². The van der Waals surface area contributed by atoms with Crippen LogP contribution in [-0.4, -0.2) is 25.2 Å². The van der Waals surface area contributed by atoms with E-state index in [4.69, 9.17) is 9.47 Å². The van der Waals surface area contributed by atoms with Gasteiger partial charge in [-0.15, -0.1) is 0 Å². The quantitative estimate of drug-likeness (QED) is 0.560. The summed E-state index contributed by atoms with van der Waals surface area (Å²) in [6.45, 7) is 4.04. The van der Waals surface area contributed by atoms with Crippen LogP contribution in [0.2, 0.25) is 0 Å². The van der Waals surface area contributed by atoms with Crippen LogP contribution >= 0.6 is 0 Å². The maximum Gasteiger partial charge on any atom is 0.376 e. The Kier molecular flexibility index (Phi) is 5.84. The molecule has 5 nitrogen and oxygen atoms in total. The topological polar surface area (TPSA) is 56.5 Å². The maximum absolute atomic E-state index is 11.8. The third-order valence-electron chi connectivity index (χ3n) is 2.32. The van der Waals surface area contributed by atoms with Gasteiger partial charge in [0.15, 0.2) is 12.4 Å². The molecule has 0 N–H and O–H groups in total. The molecular formula is C13H18NO4+. The molecular weight excluding hydrogens is 234 g/mol. The summed E-state index contributed by atoms with van der Waals surface area (Å²) in [6.07, 6.45) is 3.42. The van der Waals surface area contributed by atoms with Crippen LogP contribution in [0.4, 0.5) is 0 Å². The van der Waals surface area contributed by atoms with Crippen LogP contribution in [0.1, 0.15) is 26.3 Å². The van der Waals surface area contributed by atoms with E-state index in [-0.39, 0.29) is 13.0 Å². The molecule has 1 heterocycles. The molecule has 1 aromatic rings. The normalized spacial score (nSPS) is 11.7. The van der Waals surface area contributed by atoms with Gasteiger partial charge in [-0.3, -0.25) is 4.79 Å². The first kappa shape index (κ1) is 14.2. The molecule has 0 aromatic carbocycles. The van der Waals surface area contributed by atoms with Crippen LogP contribution in [-0.2, 0) is 19.1 Å². The molecule has 98 valence electrons. The summed E-state index contributed by atoms with van der Waals surface area (Å²) < 4.78 is 11.5. The van der Waals surface area contributed by atoms with Crippen molar-refractivity contribution < 1.29 is 23.6 Å². The molecule has 0 aliphatic carbocycles. The second-order valence-corrected chi connectivity index (χ2v) is 3.60. The van der Waals surface area contributed by atoms with Gasteiger partial charge in [0.25, 0.3) is 6.04 Å². The van der Waals surface area contributed by atoms with Crippen molar-refractivity contribution in [1.29, 1.82) is 0 Å². The van der Waals surface area contributed by atoms with E-state index in [1.807, 2.05) is 6.07 Å². The lowest BCUT2D eigenvalue weighted by Crippen LogP contribution is -2.45. The van der Waals surface area contributed by atoms with Gasteiger partial charge in [0, 0.05) is 12.1 Å². The Balaban J connectivity index is 2.82. The fourth-order valence-corrected chi connectivity index (χ4v) is 1.55. The Morgan fingerprint density at radius 1 is 1.06 bits per heavy atom. The van der Waals surface area contributed by atoms with Gasteiger partial charge >= 0.3 is 11.9 Å². The minimum absolute atomic E-state index is 0.0264. The Morgan fingerprint density at radius 3 is 2.22 bits per heavy atom. The number of ether oxygens (including phenoxy) is 2. The SMILES string of the molecule is CCOC(=O)CC(C(=O)OCC)[n+]1ccccc1. The monoisotopic (exact) mass is 252 g/mol. The van der Waals surface area contributed by atoms with Gasteiger partial charge in [0.05, 0.1) is 13.2 Å². The molecule has 0 fully saturated rings. The third kappa shape index (κ3) is 4.16. The van der Waals surface area contributed by atoms with Gasteiger partial charge in [-0.05, 0) is 13.8 Å². The van der Waals surface area contributed by atoms with Crippen molar-refractivity contribution in [2.75, 3.05) is 13.2 Å². The molecule has 0 radical (unpaired) electrons. The maximum atomic E-state index is 11.8. The molecule has 0 aliphatic heterocycles. The molecule has 0 spiro atoms. The Labute approximate surface area is 106 Å². The van der Waals surface area contributed by atoms with E-state index in [2.05, 4.69) is 0 Å². The predicted octanol–water partition coefficient (Wildman–Crippen LogP) is 1.03. The highest BCUT2D eigenvalue weighted by Crippen LogP contribution is 2.07. The third-order valence-corrected chi connectivity index (χ3v) is 2.32. The molecule has 0 saturated carbocycles. The van der Waals surface area contributed by atoms with Crippen molar-refractivity contribution in [3.05, 3.63) is 30.6 Å². The van der Waals surface area contributed by atoms with Crippen molar-refractivity contribution in [2.24, 2.45) is 0 Å². The second kappa shape index (κ2) is 7.42. The zero-order valence-corrected chi connectivity index (χ0v) is 10.7. The fourth-order valence-electron chi connectivity index (χ4n) is 1.55. The van der Waals surface area contributed by atoms with Crippen LogP contribution < -0.4 is 4.57 Å². The largest absolute Gasteiger partial charge is 0.466 e. The van der Waals surface area contributed by atoms with E-state index in [9.17, 15) is 9.59 Å². The van der Waals surface area contributed by atoms with E-state index in [1.54, 1.807) is 42.9 Å². The van der Waals surface area contributed by atoms with Gasteiger partial charge < -0.3 is 9.47 Å². The average Bonchev–Trinajstić information content (AvgIpc) is 2.37. The molecule has 0 amide bonds. The van der Waals surface area contributed by atoms with Gasteiger partial charge in [-0.2, -0.15) is 4.57 Å². The van der Waals surface area contributed by atoms with E-state index < -0.39 is 18.0 Å². The number of carbonyl (C=O) groups excluding carboxylic acids is 2. The van der Waals surface area contributed by atoms with Crippen molar-refractivity contribution in [2.45, 2.75) is 26.3 Å². The van der Waals surface area contributed by atoms with Gasteiger partial charge in [-0.1, -0.05) is 6.07 Å². The number of rotatable bonds is 6. The van der Waals surface area contributed by atoms with Gasteiger partial charge in [0.1, 0.15) is 6.42 Å². The fraction of sp³-hybridized carbons (Fsp3) is 0.462. The van der Waals surface area contributed by atoms with E-state index in [1.165, 1.54) is 0 Å². The van der Waals surface area contributed by atoms with Crippen molar-refractivity contribution >= 4 is 11.9 Å². The summed E-state index contributed by atoms with van der Waals surface area (Å²) in [5.41, 5.74) is 0. The van der Waals surface area contributed by atoms with Crippen LogP contribution in [0.3, 0.4) is 0 Å². The number of pyridine rings is 1. The Morgan fingerprint density at radius 2 is 1.67 bits per heavy atom. The van der Waals surface area contributed by atoms with Crippen LogP contribution in [0.15, 0.2) is 30.6 Å². The average molecular weight is 252 g/mol. The summed E-state index contributed by atoms with van der Waals surface area (Å²) in [5.74, 6) is -0.839. The first-order valence-corrected chi connectivity index (χ1v) is 5.97. The lowest BCUT2D eigenvalue weighted by molar-refractivity contribution is -0.710. The van der Waals surface area contributed by atoms with Gasteiger partial charge in [0.2, 0.25) is 0 Å². The summed E-state index contributed by atoms with van der Waals surface area (Å²) >= 11 is 0. The summed E-state index contributed by atoms with van der Waals surface area (Å²) in [5, 5.41) is 0. The van der Waals surface area contributed by atoms with E-state index in [0.29, 0.717) is 6.61 Å². The highest BCUT2D eigenvalue weighted by atomic mass is 16.5.